The molecule has 2 aliphatic rings. The molecule has 0 saturated heterocycles. The van der Waals surface area contributed by atoms with E-state index in [-0.39, 0.29) is 49.6 Å². The number of ether oxygens (including phenoxy) is 1. The molecule has 12 heteroatoms. The Balaban J connectivity index is 1.85. The highest BCUT2D eigenvalue weighted by Crippen LogP contribution is 2.34. The van der Waals surface area contributed by atoms with Gasteiger partial charge in [-0.3, -0.25) is 14.4 Å². The number of likely N-dealkylation sites (N-methyl/N-ethyl adjacent to an activating group) is 1. The molecule has 262 valence electrons. The van der Waals surface area contributed by atoms with E-state index in [1.165, 1.54) is 22.7 Å². The van der Waals surface area contributed by atoms with Gasteiger partial charge in [0.15, 0.2) is 5.13 Å². The second-order valence-electron chi connectivity index (χ2n) is 14.2. The Morgan fingerprint density at radius 3 is 2.22 bits per heavy atom. The highest BCUT2D eigenvalue weighted by molar-refractivity contribution is 7.13. The van der Waals surface area contributed by atoms with E-state index < -0.39 is 23.9 Å². The molecule has 0 unspecified atom stereocenters. The summed E-state index contributed by atoms with van der Waals surface area (Å²) in [6.45, 7) is 4.32. The monoisotopic (exact) mass is 665 g/mol. The Kier molecular flexibility index (Phi) is 15.2. The Labute approximate surface area is 279 Å². The van der Waals surface area contributed by atoms with Gasteiger partial charge in [0.25, 0.3) is 0 Å². The molecule has 3 amide bonds. The topological polar surface area (TPSA) is 150 Å². The van der Waals surface area contributed by atoms with Gasteiger partial charge in [-0.25, -0.2) is 4.98 Å². The van der Waals surface area contributed by atoms with E-state index in [4.69, 9.17) is 10.5 Å². The zero-order valence-electron chi connectivity index (χ0n) is 28.8. The third-order valence-electron chi connectivity index (χ3n) is 9.83. The van der Waals surface area contributed by atoms with E-state index in [1.807, 2.05) is 13.8 Å². The van der Waals surface area contributed by atoms with Gasteiger partial charge in [-0.1, -0.05) is 65.2 Å². The van der Waals surface area contributed by atoms with Crippen LogP contribution in [0.2, 0.25) is 0 Å². The summed E-state index contributed by atoms with van der Waals surface area (Å²) in [5.41, 5.74) is 6.03. The normalized spacial score (nSPS) is 19.0. The van der Waals surface area contributed by atoms with Gasteiger partial charge in [-0.2, -0.15) is 0 Å². The van der Waals surface area contributed by atoms with E-state index >= 15 is 0 Å². The minimum Gasteiger partial charge on any atom is -0.390 e. The summed E-state index contributed by atoms with van der Waals surface area (Å²) in [4.78, 5) is 49.8. The van der Waals surface area contributed by atoms with Crippen molar-refractivity contribution in [2.24, 2.45) is 11.8 Å². The summed E-state index contributed by atoms with van der Waals surface area (Å²) in [5.74, 6) is -0.290. The number of aliphatic hydroxyl groups excluding tert-OH is 2. The molecule has 0 aromatic carbocycles. The second-order valence-corrected chi connectivity index (χ2v) is 15.1. The molecule has 2 fully saturated rings. The van der Waals surface area contributed by atoms with Crippen LogP contribution in [0.4, 0.5) is 5.13 Å². The molecule has 4 N–H and O–H groups in total. The zero-order valence-corrected chi connectivity index (χ0v) is 29.6. The number of amides is 3. The average molecular weight is 666 g/mol. The Morgan fingerprint density at radius 1 is 1.02 bits per heavy atom. The van der Waals surface area contributed by atoms with Crippen molar-refractivity contribution in [1.82, 2.24) is 19.7 Å². The van der Waals surface area contributed by atoms with Gasteiger partial charge in [0.05, 0.1) is 43.1 Å². The molecule has 3 rings (SSSR count). The van der Waals surface area contributed by atoms with Crippen molar-refractivity contribution in [3.63, 3.8) is 0 Å². The summed E-state index contributed by atoms with van der Waals surface area (Å²) < 4.78 is 5.95. The van der Waals surface area contributed by atoms with E-state index in [2.05, 4.69) is 4.98 Å². The van der Waals surface area contributed by atoms with Gasteiger partial charge in [0.2, 0.25) is 17.7 Å². The minimum absolute atomic E-state index is 0.0860. The molecule has 11 nitrogen and oxygen atoms in total. The van der Waals surface area contributed by atoms with Crippen molar-refractivity contribution < 1.29 is 29.3 Å². The molecule has 1 heterocycles. The molecular weight excluding hydrogens is 606 g/mol. The largest absolute Gasteiger partial charge is 0.390 e. The first-order chi connectivity index (χ1) is 21.8. The highest BCUT2D eigenvalue weighted by Gasteiger charge is 2.38. The van der Waals surface area contributed by atoms with Crippen LogP contribution in [0.3, 0.4) is 0 Å². The summed E-state index contributed by atoms with van der Waals surface area (Å²) in [7, 11) is 4.99. The van der Waals surface area contributed by atoms with E-state index in [9.17, 15) is 24.6 Å². The molecule has 2 saturated carbocycles. The number of carbonyl (C=O) groups is 3. The van der Waals surface area contributed by atoms with Crippen LogP contribution < -0.4 is 5.73 Å². The standard InChI is InChI=1S/C34H59N5O6S/c1-24(2)18-28(40)32(44)27(19-25-12-8-6-9-13-25)39(20-26-22-46-33(35)36-26)30(42)15-14-29(41)38(21-31(43)37(3)4)23-34(45-5)16-10-7-11-17-34/h22,24-25,27-28,32,40,44H,6-21,23H2,1-5H3,(H2,35,36)/t27-,28-,32+/m0/s1. The van der Waals surface area contributed by atoms with Gasteiger partial charge >= 0.3 is 0 Å². The van der Waals surface area contributed by atoms with Crippen molar-refractivity contribution >= 4 is 34.2 Å². The number of thiazole rings is 1. The first-order valence-electron chi connectivity index (χ1n) is 17.2. The number of aromatic nitrogens is 1. The molecule has 2 aliphatic carbocycles. The van der Waals surface area contributed by atoms with Crippen molar-refractivity contribution in [2.45, 2.75) is 134 Å². The fourth-order valence-corrected chi connectivity index (χ4v) is 7.63. The quantitative estimate of drug-likeness (QED) is 0.224. The zero-order chi connectivity index (χ0) is 33.9. The lowest BCUT2D eigenvalue weighted by Crippen LogP contribution is -2.52. The van der Waals surface area contributed by atoms with Gasteiger partial charge in [0.1, 0.15) is 6.10 Å². The van der Waals surface area contributed by atoms with Crippen LogP contribution in [0, 0.1) is 11.8 Å². The number of nitrogens with zero attached hydrogens (tertiary/aromatic N) is 4. The maximum absolute atomic E-state index is 14.2. The van der Waals surface area contributed by atoms with Crippen LogP contribution in [0.5, 0.6) is 0 Å². The first kappa shape index (κ1) is 38.2. The molecule has 46 heavy (non-hydrogen) atoms. The number of rotatable bonds is 17. The van der Waals surface area contributed by atoms with Gasteiger partial charge in [-0.15, -0.1) is 11.3 Å². The highest BCUT2D eigenvalue weighted by atomic mass is 32.1. The molecule has 0 bridgehead atoms. The third kappa shape index (κ3) is 11.5. The minimum atomic E-state index is -1.15. The van der Waals surface area contributed by atoms with Crippen molar-refractivity contribution in [3.8, 4) is 0 Å². The molecule has 3 atom stereocenters. The first-order valence-corrected chi connectivity index (χ1v) is 18.1. The Morgan fingerprint density at radius 2 is 1.65 bits per heavy atom. The van der Waals surface area contributed by atoms with Crippen LogP contribution in [0.1, 0.15) is 109 Å². The average Bonchev–Trinajstić information content (AvgIpc) is 3.45. The fraction of sp³-hybridized carbons (Fsp3) is 0.824. The number of aliphatic hydroxyl groups is 2. The number of nitrogens with two attached hydrogens (primary N) is 1. The summed E-state index contributed by atoms with van der Waals surface area (Å²) in [5, 5.41) is 24.9. The number of nitrogen functional groups attached to an aromatic ring is 1. The van der Waals surface area contributed by atoms with Crippen LogP contribution in [-0.4, -0.2) is 106 Å². The SMILES string of the molecule is COC1(CN(CC(=O)N(C)C)C(=O)CCC(=O)N(Cc2csc(N)n2)[C@@H](CC2CCCCC2)[C@@H](O)[C@@H](O)CC(C)C)CCCCC1. The van der Waals surface area contributed by atoms with Gasteiger partial charge in [0, 0.05) is 39.4 Å². The number of hydrogen-bond acceptors (Lipinski definition) is 9. The van der Waals surface area contributed by atoms with Crippen molar-refractivity contribution in [3.05, 3.63) is 11.1 Å². The van der Waals surface area contributed by atoms with Crippen molar-refractivity contribution in [1.29, 1.82) is 0 Å². The van der Waals surface area contributed by atoms with E-state index in [1.54, 1.807) is 36.4 Å². The van der Waals surface area contributed by atoms with Crippen LogP contribution in [0.25, 0.3) is 0 Å². The molecule has 1 aromatic rings. The molecule has 1 aromatic heterocycles. The fourth-order valence-electron chi connectivity index (χ4n) is 7.08. The molecule has 0 aliphatic heterocycles. The number of methoxy groups -OCH3 is 1. The van der Waals surface area contributed by atoms with Crippen molar-refractivity contribution in [2.75, 3.05) is 40.0 Å². The predicted molar refractivity (Wildman–Crippen MR) is 181 cm³/mol. The Hall–Kier alpha value is -2.28. The lowest BCUT2D eigenvalue weighted by molar-refractivity contribution is -0.147. The molecule has 0 spiro atoms. The number of hydrogen-bond donors (Lipinski definition) is 3. The maximum atomic E-state index is 14.2. The second kappa shape index (κ2) is 18.3. The Bertz CT molecular complexity index is 1100. The van der Waals surface area contributed by atoms with Crippen LogP contribution in [-0.2, 0) is 25.7 Å². The summed E-state index contributed by atoms with van der Waals surface area (Å²) >= 11 is 1.29. The van der Waals surface area contributed by atoms with E-state index in [0.29, 0.717) is 36.1 Å². The molecular formula is C34H59N5O6S. The van der Waals surface area contributed by atoms with Crippen LogP contribution >= 0.6 is 11.3 Å². The third-order valence-corrected chi connectivity index (χ3v) is 10.6. The van der Waals surface area contributed by atoms with Gasteiger partial charge < -0.3 is 35.4 Å². The lowest BCUT2D eigenvalue weighted by atomic mass is 9.81. The summed E-state index contributed by atoms with van der Waals surface area (Å²) in [6, 6.07) is -0.646. The number of anilines is 1. The van der Waals surface area contributed by atoms with Gasteiger partial charge in [-0.05, 0) is 37.5 Å². The summed E-state index contributed by atoms with van der Waals surface area (Å²) in [6.07, 6.45) is 8.80. The number of carbonyl (C=O) groups excluding carboxylic acids is 3. The smallest absolute Gasteiger partial charge is 0.241 e. The van der Waals surface area contributed by atoms with E-state index in [0.717, 1.165) is 57.8 Å². The predicted octanol–water partition coefficient (Wildman–Crippen LogP) is 4.21. The lowest BCUT2D eigenvalue weighted by Gasteiger charge is -2.40. The molecule has 0 radical (unpaired) electrons. The maximum Gasteiger partial charge on any atom is 0.241 e. The van der Waals surface area contributed by atoms with Crippen LogP contribution in [0.15, 0.2) is 5.38 Å².